The van der Waals surface area contributed by atoms with Gasteiger partial charge in [0.2, 0.25) is 0 Å². The van der Waals surface area contributed by atoms with Crippen molar-refractivity contribution in [3.8, 4) is 11.3 Å². The number of aromatic nitrogens is 4. The lowest BCUT2D eigenvalue weighted by molar-refractivity contribution is 0.00370. The molecule has 0 radical (unpaired) electrons. The van der Waals surface area contributed by atoms with Gasteiger partial charge in [0, 0.05) is 55.8 Å². The van der Waals surface area contributed by atoms with Crippen molar-refractivity contribution in [1.29, 1.82) is 0 Å². The third-order valence-electron chi connectivity index (χ3n) is 7.76. The molecule has 0 amide bonds. The molecule has 3 atom stereocenters. The van der Waals surface area contributed by atoms with Crippen LogP contribution in [0.15, 0.2) is 48.8 Å². The van der Waals surface area contributed by atoms with Crippen LogP contribution in [0.4, 0.5) is 5.69 Å². The number of pyridine rings is 1. The first-order valence-corrected chi connectivity index (χ1v) is 12.8. The Hall–Kier alpha value is -2.77. The van der Waals surface area contributed by atoms with Crippen LogP contribution in [0.3, 0.4) is 0 Å². The van der Waals surface area contributed by atoms with Gasteiger partial charge in [-0.3, -0.25) is 9.88 Å². The van der Waals surface area contributed by atoms with Gasteiger partial charge in [0.15, 0.2) is 0 Å². The summed E-state index contributed by atoms with van der Waals surface area (Å²) in [7, 11) is 0. The maximum absolute atomic E-state index is 5.87. The van der Waals surface area contributed by atoms with E-state index in [0.29, 0.717) is 12.1 Å². The summed E-state index contributed by atoms with van der Waals surface area (Å²) in [5.74, 6) is 0. The molecule has 0 N–H and O–H groups in total. The summed E-state index contributed by atoms with van der Waals surface area (Å²) in [6.07, 6.45) is 10.3. The highest BCUT2D eigenvalue weighted by Gasteiger charge is 2.40. The van der Waals surface area contributed by atoms with E-state index in [1.165, 1.54) is 42.6 Å². The molecular formula is C27H34N6O. The van der Waals surface area contributed by atoms with E-state index in [-0.39, 0.29) is 6.10 Å². The number of hydrogen-bond acceptors (Lipinski definition) is 6. The van der Waals surface area contributed by atoms with Gasteiger partial charge >= 0.3 is 0 Å². The number of nitrogens with zero attached hydrogens (tertiary/aromatic N) is 6. The van der Waals surface area contributed by atoms with Gasteiger partial charge in [0.25, 0.3) is 0 Å². The first-order chi connectivity index (χ1) is 16.7. The minimum Gasteiger partial charge on any atom is -0.376 e. The number of ether oxygens (including phenoxy) is 1. The summed E-state index contributed by atoms with van der Waals surface area (Å²) >= 11 is 0. The highest BCUT2D eigenvalue weighted by molar-refractivity contribution is 5.67. The molecule has 7 heteroatoms. The summed E-state index contributed by atoms with van der Waals surface area (Å²) in [6, 6.07) is 14.2. The zero-order chi connectivity index (χ0) is 22.9. The quantitative estimate of drug-likeness (QED) is 0.555. The van der Waals surface area contributed by atoms with Crippen molar-refractivity contribution in [1.82, 2.24) is 24.9 Å². The molecule has 0 saturated carbocycles. The van der Waals surface area contributed by atoms with E-state index in [0.717, 1.165) is 50.5 Å². The smallest absolute Gasteiger partial charge is 0.113 e. The molecule has 34 heavy (non-hydrogen) atoms. The van der Waals surface area contributed by atoms with Crippen molar-refractivity contribution in [2.75, 3.05) is 24.6 Å². The van der Waals surface area contributed by atoms with Crippen LogP contribution < -0.4 is 4.90 Å². The lowest BCUT2D eigenvalue weighted by Crippen LogP contribution is -2.53. The predicted molar refractivity (Wildman–Crippen MR) is 133 cm³/mol. The molecule has 0 spiro atoms. The number of fused-ring (bicyclic) bond motifs is 2. The fourth-order valence-electron chi connectivity index (χ4n) is 5.94. The third kappa shape index (κ3) is 4.46. The van der Waals surface area contributed by atoms with Crippen LogP contribution in [-0.4, -0.2) is 62.8 Å². The van der Waals surface area contributed by atoms with Gasteiger partial charge in [0.1, 0.15) is 5.69 Å². The molecule has 0 aliphatic carbocycles. The number of aryl methyl sites for hydroxylation is 1. The molecule has 3 saturated heterocycles. The van der Waals surface area contributed by atoms with E-state index < -0.39 is 0 Å². The lowest BCUT2D eigenvalue weighted by Gasteiger charge is -2.42. The van der Waals surface area contributed by atoms with Gasteiger partial charge in [-0.1, -0.05) is 17.3 Å². The average molecular weight is 459 g/mol. The molecule has 7 nitrogen and oxygen atoms in total. The van der Waals surface area contributed by atoms with Gasteiger partial charge < -0.3 is 9.64 Å². The Morgan fingerprint density at radius 2 is 1.91 bits per heavy atom. The molecular weight excluding hydrogens is 424 g/mol. The minimum absolute atomic E-state index is 0.262. The van der Waals surface area contributed by atoms with Crippen molar-refractivity contribution in [3.05, 3.63) is 60.0 Å². The summed E-state index contributed by atoms with van der Waals surface area (Å²) < 4.78 is 7.81. The number of rotatable bonds is 6. The van der Waals surface area contributed by atoms with Gasteiger partial charge in [-0.15, -0.1) is 5.10 Å². The zero-order valence-electron chi connectivity index (χ0n) is 20.0. The fraction of sp³-hybridized carbons (Fsp3) is 0.519. The Kier molecular flexibility index (Phi) is 6.05. The molecule has 3 aliphatic heterocycles. The third-order valence-corrected chi connectivity index (χ3v) is 7.76. The number of anilines is 1. The fourth-order valence-corrected chi connectivity index (χ4v) is 5.94. The van der Waals surface area contributed by atoms with Gasteiger partial charge in [-0.25, -0.2) is 4.68 Å². The van der Waals surface area contributed by atoms with Crippen LogP contribution >= 0.6 is 0 Å². The highest BCUT2D eigenvalue weighted by Crippen LogP contribution is 2.35. The summed E-state index contributed by atoms with van der Waals surface area (Å²) in [5, 5.41) is 8.85. The van der Waals surface area contributed by atoms with Crippen LogP contribution in [0, 0.1) is 6.92 Å². The van der Waals surface area contributed by atoms with E-state index in [9.17, 15) is 0 Å². The Morgan fingerprint density at radius 3 is 2.65 bits per heavy atom. The molecule has 6 rings (SSSR count). The van der Waals surface area contributed by atoms with Crippen molar-refractivity contribution in [2.24, 2.45) is 0 Å². The molecule has 5 heterocycles. The predicted octanol–water partition coefficient (Wildman–Crippen LogP) is 4.07. The Morgan fingerprint density at radius 1 is 1.03 bits per heavy atom. The molecule has 3 aliphatic rings. The molecule has 3 aromatic rings. The van der Waals surface area contributed by atoms with E-state index >= 15 is 0 Å². The second kappa shape index (κ2) is 9.47. The minimum atomic E-state index is 0.262. The molecule has 178 valence electrons. The second-order valence-electron chi connectivity index (χ2n) is 10.1. The van der Waals surface area contributed by atoms with E-state index in [2.05, 4.69) is 68.5 Å². The molecule has 3 fully saturated rings. The van der Waals surface area contributed by atoms with E-state index in [1.807, 2.05) is 16.9 Å². The Balaban J connectivity index is 1.13. The van der Waals surface area contributed by atoms with Gasteiger partial charge in [0.05, 0.1) is 24.5 Å². The molecule has 3 unspecified atom stereocenters. The normalized spacial score (nSPS) is 25.1. The summed E-state index contributed by atoms with van der Waals surface area (Å²) in [6.45, 7) is 6.97. The lowest BCUT2D eigenvalue weighted by atomic mass is 10.0. The largest absolute Gasteiger partial charge is 0.376 e. The van der Waals surface area contributed by atoms with E-state index in [1.54, 1.807) is 0 Å². The number of hydrogen-bond donors (Lipinski definition) is 0. The first-order valence-electron chi connectivity index (χ1n) is 12.8. The van der Waals surface area contributed by atoms with Crippen LogP contribution in [0.1, 0.15) is 43.4 Å². The maximum atomic E-state index is 5.87. The van der Waals surface area contributed by atoms with Crippen molar-refractivity contribution in [2.45, 2.75) is 70.3 Å². The number of piperazine rings is 1. The maximum Gasteiger partial charge on any atom is 0.113 e. The Bertz CT molecular complexity index is 1100. The summed E-state index contributed by atoms with van der Waals surface area (Å²) in [4.78, 5) is 9.81. The van der Waals surface area contributed by atoms with Crippen LogP contribution in [0.2, 0.25) is 0 Å². The topological polar surface area (TPSA) is 59.3 Å². The van der Waals surface area contributed by atoms with Crippen molar-refractivity contribution in [3.63, 3.8) is 0 Å². The van der Waals surface area contributed by atoms with Crippen LogP contribution in [-0.2, 0) is 17.8 Å². The Labute approximate surface area is 201 Å². The van der Waals surface area contributed by atoms with Crippen molar-refractivity contribution >= 4 is 5.69 Å². The van der Waals surface area contributed by atoms with Crippen LogP contribution in [0.25, 0.3) is 11.3 Å². The van der Waals surface area contributed by atoms with Crippen LogP contribution in [0.5, 0.6) is 0 Å². The van der Waals surface area contributed by atoms with Gasteiger partial charge in [-0.2, -0.15) is 0 Å². The second-order valence-corrected chi connectivity index (χ2v) is 10.1. The number of benzene rings is 1. The molecule has 2 aromatic heterocycles. The van der Waals surface area contributed by atoms with E-state index in [4.69, 9.17) is 4.74 Å². The zero-order valence-corrected chi connectivity index (χ0v) is 20.0. The molecule has 1 aromatic carbocycles. The molecule has 2 bridgehead atoms. The first kappa shape index (κ1) is 21.7. The summed E-state index contributed by atoms with van der Waals surface area (Å²) in [5.41, 5.74) is 5.85. The SMILES string of the molecule is Cc1cc(N2CC3CCC(C2)N3Cc2ccccn2)ccc1-c1cn(CC2CCCCO2)nn1. The van der Waals surface area contributed by atoms with Crippen molar-refractivity contribution < 1.29 is 4.74 Å². The highest BCUT2D eigenvalue weighted by atomic mass is 16.5. The monoisotopic (exact) mass is 458 g/mol. The average Bonchev–Trinajstić information content (AvgIpc) is 3.40. The standard InChI is InChI=1S/C27H34N6O/c1-20-14-22(10-11-26(20)27-19-32(30-29-27)18-25-7-3-5-13-34-25)31-16-23-8-9-24(17-31)33(23)15-21-6-2-4-12-28-21/h2,4,6,10-12,14,19,23-25H,3,5,7-9,13,15-18H2,1H3. The van der Waals surface area contributed by atoms with Gasteiger partial charge in [-0.05, 0) is 68.9 Å².